The van der Waals surface area contributed by atoms with E-state index in [4.69, 9.17) is 4.74 Å². The van der Waals surface area contributed by atoms with Crippen molar-refractivity contribution < 1.29 is 19.2 Å². The Balaban J connectivity index is 2.69. The molecule has 0 fully saturated rings. The third-order valence-corrected chi connectivity index (χ3v) is 3.04. The summed E-state index contributed by atoms with van der Waals surface area (Å²) in [5, 5.41) is 13.4. The van der Waals surface area contributed by atoms with Gasteiger partial charge in [-0.05, 0) is 18.9 Å². The van der Waals surface area contributed by atoms with E-state index in [1.807, 2.05) is 13.8 Å². The van der Waals surface area contributed by atoms with E-state index in [1.54, 1.807) is 0 Å². The number of nitrogens with zero attached hydrogens (tertiary/aromatic N) is 1. The summed E-state index contributed by atoms with van der Waals surface area (Å²) in [4.78, 5) is 32.6. The molecule has 0 aromatic heterocycles. The summed E-state index contributed by atoms with van der Waals surface area (Å²) < 4.78 is 5.25. The van der Waals surface area contributed by atoms with E-state index in [0.717, 1.165) is 18.9 Å². The van der Waals surface area contributed by atoms with Crippen LogP contribution in [0.25, 0.3) is 0 Å². The van der Waals surface area contributed by atoms with Crippen molar-refractivity contribution in [2.45, 2.75) is 32.7 Å². The molecule has 1 aromatic carbocycles. The molecule has 7 nitrogen and oxygen atoms in total. The van der Waals surface area contributed by atoms with Crippen LogP contribution >= 0.6 is 0 Å². The summed E-state index contributed by atoms with van der Waals surface area (Å²) in [7, 11) is 0. The molecule has 0 saturated carbocycles. The van der Waals surface area contributed by atoms with Crippen molar-refractivity contribution in [1.82, 2.24) is 5.32 Å². The molecule has 21 heavy (non-hydrogen) atoms. The molecule has 7 heteroatoms. The SMILES string of the molecule is CCC(CC)NC(=O)COc1ccc([N+](=O)[O-])cc1C=O. The quantitative estimate of drug-likeness (QED) is 0.449. The second-order valence-electron chi connectivity index (χ2n) is 4.47. The highest BCUT2D eigenvalue weighted by Gasteiger charge is 2.13. The molecule has 1 N–H and O–H groups in total. The van der Waals surface area contributed by atoms with Gasteiger partial charge in [0.2, 0.25) is 0 Å². The van der Waals surface area contributed by atoms with E-state index in [1.165, 1.54) is 12.1 Å². The van der Waals surface area contributed by atoms with Crippen LogP contribution in [0, 0.1) is 10.1 Å². The Bertz CT molecular complexity index is 526. The molecule has 0 aliphatic rings. The van der Waals surface area contributed by atoms with Crippen LogP contribution in [0.3, 0.4) is 0 Å². The largest absolute Gasteiger partial charge is 0.483 e. The summed E-state index contributed by atoms with van der Waals surface area (Å²) in [5.41, 5.74) is -0.162. The van der Waals surface area contributed by atoms with Gasteiger partial charge in [-0.1, -0.05) is 13.8 Å². The minimum atomic E-state index is -0.601. The number of nitro benzene ring substituents is 1. The maximum absolute atomic E-state index is 11.7. The first kappa shape index (κ1) is 16.6. The summed E-state index contributed by atoms with van der Waals surface area (Å²) in [6.45, 7) is 3.70. The van der Waals surface area contributed by atoms with Crippen LogP contribution in [-0.4, -0.2) is 29.8 Å². The zero-order valence-electron chi connectivity index (χ0n) is 12.0. The van der Waals surface area contributed by atoms with E-state index in [9.17, 15) is 19.7 Å². The molecule has 0 aliphatic carbocycles. The number of benzene rings is 1. The fraction of sp³-hybridized carbons (Fsp3) is 0.429. The number of hydrogen-bond donors (Lipinski definition) is 1. The van der Waals surface area contributed by atoms with Gasteiger partial charge in [0.25, 0.3) is 11.6 Å². The molecule has 0 atom stereocenters. The number of amides is 1. The first-order valence-corrected chi connectivity index (χ1v) is 6.67. The van der Waals surface area contributed by atoms with Crippen molar-refractivity contribution in [1.29, 1.82) is 0 Å². The van der Waals surface area contributed by atoms with Crippen LogP contribution in [0.15, 0.2) is 18.2 Å². The van der Waals surface area contributed by atoms with Gasteiger partial charge in [-0.3, -0.25) is 19.7 Å². The third kappa shape index (κ3) is 4.87. The van der Waals surface area contributed by atoms with Crippen LogP contribution in [0.1, 0.15) is 37.0 Å². The van der Waals surface area contributed by atoms with Crippen molar-refractivity contribution in [2.75, 3.05) is 6.61 Å². The van der Waals surface area contributed by atoms with E-state index in [0.29, 0.717) is 6.29 Å². The maximum atomic E-state index is 11.7. The third-order valence-electron chi connectivity index (χ3n) is 3.04. The number of carbonyl (C=O) groups excluding carboxylic acids is 2. The lowest BCUT2D eigenvalue weighted by atomic mass is 10.2. The highest BCUT2D eigenvalue weighted by Crippen LogP contribution is 2.22. The van der Waals surface area contributed by atoms with Gasteiger partial charge in [-0.25, -0.2) is 0 Å². The average Bonchev–Trinajstić information content (AvgIpc) is 2.50. The van der Waals surface area contributed by atoms with E-state index in [2.05, 4.69) is 5.32 Å². The van der Waals surface area contributed by atoms with Gasteiger partial charge in [-0.15, -0.1) is 0 Å². The standard InChI is InChI=1S/C14H18N2O5/c1-3-11(4-2)15-14(18)9-21-13-6-5-12(16(19)20)7-10(13)8-17/h5-8,11H,3-4,9H2,1-2H3,(H,15,18). The number of carbonyl (C=O) groups is 2. The van der Waals surface area contributed by atoms with E-state index in [-0.39, 0.29) is 35.6 Å². The minimum Gasteiger partial charge on any atom is -0.483 e. The highest BCUT2D eigenvalue weighted by molar-refractivity contribution is 5.82. The summed E-state index contributed by atoms with van der Waals surface area (Å²) in [6.07, 6.45) is 2.10. The summed E-state index contributed by atoms with van der Waals surface area (Å²) in [5.74, 6) is -0.144. The van der Waals surface area contributed by atoms with Crippen molar-refractivity contribution in [2.24, 2.45) is 0 Å². The predicted octanol–water partition coefficient (Wildman–Crippen LogP) is 2.09. The van der Waals surface area contributed by atoms with Crippen molar-refractivity contribution in [3.8, 4) is 5.75 Å². The number of aldehydes is 1. The van der Waals surface area contributed by atoms with Crippen molar-refractivity contribution in [3.05, 3.63) is 33.9 Å². The fourth-order valence-electron chi connectivity index (χ4n) is 1.78. The molecule has 0 unspecified atom stereocenters. The zero-order chi connectivity index (χ0) is 15.8. The van der Waals surface area contributed by atoms with Gasteiger partial charge in [0.05, 0.1) is 10.5 Å². The fourth-order valence-corrected chi connectivity index (χ4v) is 1.78. The Morgan fingerprint density at radius 1 is 1.43 bits per heavy atom. The molecule has 1 aromatic rings. The molecule has 0 spiro atoms. The molecular weight excluding hydrogens is 276 g/mol. The van der Waals surface area contributed by atoms with Crippen molar-refractivity contribution >= 4 is 17.9 Å². The van der Waals surface area contributed by atoms with Crippen LogP contribution in [0.4, 0.5) is 5.69 Å². The monoisotopic (exact) mass is 294 g/mol. The van der Waals surface area contributed by atoms with Gasteiger partial charge in [0.15, 0.2) is 12.9 Å². The average molecular weight is 294 g/mol. The molecule has 0 heterocycles. The molecule has 0 radical (unpaired) electrons. The van der Waals surface area contributed by atoms with Crippen LogP contribution in [-0.2, 0) is 4.79 Å². The van der Waals surface area contributed by atoms with Crippen LogP contribution in [0.5, 0.6) is 5.75 Å². The topological polar surface area (TPSA) is 98.5 Å². The molecule has 114 valence electrons. The Kier molecular flexibility index (Phi) is 6.32. The van der Waals surface area contributed by atoms with Gasteiger partial charge < -0.3 is 10.1 Å². The number of hydrogen-bond acceptors (Lipinski definition) is 5. The normalized spacial score (nSPS) is 10.2. The molecule has 1 rings (SSSR count). The zero-order valence-corrected chi connectivity index (χ0v) is 12.0. The highest BCUT2D eigenvalue weighted by atomic mass is 16.6. The molecule has 1 amide bonds. The minimum absolute atomic E-state index is 0.0412. The maximum Gasteiger partial charge on any atom is 0.270 e. The predicted molar refractivity (Wildman–Crippen MR) is 76.5 cm³/mol. The lowest BCUT2D eigenvalue weighted by Crippen LogP contribution is -2.37. The van der Waals surface area contributed by atoms with Crippen molar-refractivity contribution in [3.63, 3.8) is 0 Å². The Morgan fingerprint density at radius 2 is 2.10 bits per heavy atom. The number of rotatable bonds is 8. The van der Waals surface area contributed by atoms with E-state index < -0.39 is 4.92 Å². The smallest absolute Gasteiger partial charge is 0.270 e. The molecule has 0 bridgehead atoms. The lowest BCUT2D eigenvalue weighted by Gasteiger charge is -2.15. The van der Waals surface area contributed by atoms with E-state index >= 15 is 0 Å². The second-order valence-corrected chi connectivity index (χ2v) is 4.47. The molecular formula is C14H18N2O5. The van der Waals surface area contributed by atoms with Crippen LogP contribution < -0.4 is 10.1 Å². The second kappa shape index (κ2) is 7.98. The van der Waals surface area contributed by atoms with Gasteiger partial charge >= 0.3 is 0 Å². The molecule has 0 aliphatic heterocycles. The van der Waals surface area contributed by atoms with Gasteiger partial charge in [0, 0.05) is 18.2 Å². The Hall–Kier alpha value is -2.44. The first-order chi connectivity index (χ1) is 10.0. The number of nitrogens with one attached hydrogen (secondary N) is 1. The molecule has 0 saturated heterocycles. The van der Waals surface area contributed by atoms with Gasteiger partial charge in [0.1, 0.15) is 5.75 Å². The Morgan fingerprint density at radius 3 is 2.62 bits per heavy atom. The lowest BCUT2D eigenvalue weighted by molar-refractivity contribution is -0.384. The van der Waals surface area contributed by atoms with Crippen LogP contribution in [0.2, 0.25) is 0 Å². The summed E-state index contributed by atoms with van der Waals surface area (Å²) in [6, 6.07) is 3.73. The van der Waals surface area contributed by atoms with Gasteiger partial charge in [-0.2, -0.15) is 0 Å². The number of non-ortho nitro benzene ring substituents is 1. The Labute approximate surface area is 122 Å². The first-order valence-electron chi connectivity index (χ1n) is 6.67. The number of ether oxygens (including phenoxy) is 1. The number of nitro groups is 1. The summed E-state index contributed by atoms with van der Waals surface area (Å²) >= 11 is 0.